The first-order valence-corrected chi connectivity index (χ1v) is 5.70. The third kappa shape index (κ3) is 7.33. The fourth-order valence-corrected chi connectivity index (χ4v) is 1.02. The summed E-state index contributed by atoms with van der Waals surface area (Å²) < 4.78 is 5.31. The molecule has 0 aromatic carbocycles. The number of nitrogens with two attached hydrogens (primary N) is 1. The van der Waals surface area contributed by atoms with Crippen molar-refractivity contribution < 1.29 is 9.53 Å². The van der Waals surface area contributed by atoms with Gasteiger partial charge in [-0.05, 0) is 12.3 Å². The number of hydrogen-bond donors (Lipinski definition) is 2. The van der Waals surface area contributed by atoms with Gasteiger partial charge in [-0.1, -0.05) is 27.2 Å². The minimum absolute atomic E-state index is 0.0934. The van der Waals surface area contributed by atoms with Crippen molar-refractivity contribution >= 4 is 5.91 Å². The predicted octanol–water partition coefficient (Wildman–Crippen LogP) is 0.903. The standard InChI is InChI=1S/C11H24N2O2/c1-4-5-7-15-8-6-13-11(14)10(12)9(2)3/h9-10H,4-8,12H2,1-3H3,(H,13,14)/t10-/m1/s1. The molecule has 0 fully saturated rings. The van der Waals surface area contributed by atoms with Gasteiger partial charge in [-0.25, -0.2) is 0 Å². The van der Waals surface area contributed by atoms with Gasteiger partial charge >= 0.3 is 0 Å². The van der Waals surface area contributed by atoms with Gasteiger partial charge in [0.15, 0.2) is 0 Å². The smallest absolute Gasteiger partial charge is 0.237 e. The molecule has 3 N–H and O–H groups in total. The van der Waals surface area contributed by atoms with E-state index in [4.69, 9.17) is 10.5 Å². The van der Waals surface area contributed by atoms with Gasteiger partial charge in [0, 0.05) is 13.2 Å². The lowest BCUT2D eigenvalue weighted by molar-refractivity contribution is -0.123. The normalized spacial score (nSPS) is 12.9. The second-order valence-corrected chi connectivity index (χ2v) is 4.03. The summed E-state index contributed by atoms with van der Waals surface area (Å²) in [4.78, 5) is 11.4. The molecule has 0 rings (SSSR count). The average molecular weight is 216 g/mol. The molecule has 4 nitrogen and oxygen atoms in total. The molecule has 0 radical (unpaired) electrons. The van der Waals surface area contributed by atoms with Crippen LogP contribution in [0.15, 0.2) is 0 Å². The van der Waals surface area contributed by atoms with E-state index in [9.17, 15) is 4.79 Å². The highest BCUT2D eigenvalue weighted by Crippen LogP contribution is 1.97. The summed E-state index contributed by atoms with van der Waals surface area (Å²) in [5, 5.41) is 2.75. The Morgan fingerprint density at radius 1 is 1.40 bits per heavy atom. The zero-order valence-corrected chi connectivity index (χ0v) is 10.1. The van der Waals surface area contributed by atoms with E-state index in [1.54, 1.807) is 0 Å². The number of hydrogen-bond acceptors (Lipinski definition) is 3. The summed E-state index contributed by atoms with van der Waals surface area (Å²) in [7, 11) is 0. The Labute approximate surface area is 92.6 Å². The van der Waals surface area contributed by atoms with Crippen molar-refractivity contribution in [2.75, 3.05) is 19.8 Å². The maximum Gasteiger partial charge on any atom is 0.237 e. The molecule has 0 unspecified atom stereocenters. The van der Waals surface area contributed by atoms with Crippen LogP contribution in [-0.4, -0.2) is 31.7 Å². The third-order valence-electron chi connectivity index (χ3n) is 2.21. The second kappa shape index (κ2) is 8.68. The summed E-state index contributed by atoms with van der Waals surface area (Å²) in [6, 6.07) is -0.416. The van der Waals surface area contributed by atoms with Crippen LogP contribution in [0.4, 0.5) is 0 Å². The van der Waals surface area contributed by atoms with Crippen molar-refractivity contribution in [1.82, 2.24) is 5.32 Å². The topological polar surface area (TPSA) is 64.3 Å². The number of amides is 1. The molecule has 1 amide bonds. The fourth-order valence-electron chi connectivity index (χ4n) is 1.02. The zero-order valence-electron chi connectivity index (χ0n) is 10.1. The molecule has 0 saturated heterocycles. The molecule has 0 aliphatic rings. The third-order valence-corrected chi connectivity index (χ3v) is 2.21. The number of carbonyl (C=O) groups is 1. The van der Waals surface area contributed by atoms with Crippen LogP contribution in [0.3, 0.4) is 0 Å². The van der Waals surface area contributed by atoms with Crippen LogP contribution in [0.25, 0.3) is 0 Å². The molecule has 1 atom stereocenters. The SMILES string of the molecule is CCCCOCCNC(=O)[C@H](N)C(C)C. The molecule has 4 heteroatoms. The number of rotatable bonds is 8. The summed E-state index contributed by atoms with van der Waals surface area (Å²) in [5.74, 6) is 0.0788. The van der Waals surface area contributed by atoms with Crippen LogP contribution in [0.5, 0.6) is 0 Å². The van der Waals surface area contributed by atoms with E-state index >= 15 is 0 Å². The van der Waals surface area contributed by atoms with Crippen molar-refractivity contribution in [3.63, 3.8) is 0 Å². The van der Waals surface area contributed by atoms with Crippen molar-refractivity contribution in [2.24, 2.45) is 11.7 Å². The first-order chi connectivity index (χ1) is 7.09. The Kier molecular flexibility index (Phi) is 8.33. The Hall–Kier alpha value is -0.610. The van der Waals surface area contributed by atoms with Gasteiger partial charge in [0.05, 0.1) is 12.6 Å². The number of ether oxygens (including phenoxy) is 1. The Morgan fingerprint density at radius 3 is 2.60 bits per heavy atom. The lowest BCUT2D eigenvalue weighted by Gasteiger charge is -2.15. The molecule has 0 bridgehead atoms. The molecule has 0 aromatic rings. The van der Waals surface area contributed by atoms with Gasteiger partial charge in [-0.15, -0.1) is 0 Å². The van der Waals surface area contributed by atoms with Gasteiger partial charge < -0.3 is 15.8 Å². The van der Waals surface area contributed by atoms with E-state index in [-0.39, 0.29) is 11.8 Å². The van der Waals surface area contributed by atoms with Gasteiger partial charge in [-0.2, -0.15) is 0 Å². The molecule has 0 aliphatic carbocycles. The largest absolute Gasteiger partial charge is 0.380 e. The van der Waals surface area contributed by atoms with Gasteiger partial charge in [0.25, 0.3) is 0 Å². The summed E-state index contributed by atoms with van der Waals surface area (Å²) >= 11 is 0. The predicted molar refractivity (Wildman–Crippen MR) is 61.6 cm³/mol. The van der Waals surface area contributed by atoms with Crippen LogP contribution in [0.2, 0.25) is 0 Å². The van der Waals surface area contributed by atoms with Crippen LogP contribution >= 0.6 is 0 Å². The molecule has 0 heterocycles. The van der Waals surface area contributed by atoms with E-state index in [1.165, 1.54) is 0 Å². The first-order valence-electron chi connectivity index (χ1n) is 5.70. The van der Waals surface area contributed by atoms with E-state index in [1.807, 2.05) is 13.8 Å². The highest BCUT2D eigenvalue weighted by atomic mass is 16.5. The molecule has 15 heavy (non-hydrogen) atoms. The molecular formula is C11H24N2O2. The minimum Gasteiger partial charge on any atom is -0.380 e. The molecule has 0 aromatic heterocycles. The van der Waals surface area contributed by atoms with Gasteiger partial charge in [0.2, 0.25) is 5.91 Å². The molecular weight excluding hydrogens is 192 g/mol. The second-order valence-electron chi connectivity index (χ2n) is 4.03. The molecule has 0 saturated carbocycles. The first kappa shape index (κ1) is 14.4. The van der Waals surface area contributed by atoms with Crippen molar-refractivity contribution in [3.8, 4) is 0 Å². The summed E-state index contributed by atoms with van der Waals surface area (Å²) in [6.07, 6.45) is 2.20. The van der Waals surface area contributed by atoms with Crippen molar-refractivity contribution in [1.29, 1.82) is 0 Å². The monoisotopic (exact) mass is 216 g/mol. The maximum absolute atomic E-state index is 11.4. The number of carbonyl (C=O) groups excluding carboxylic acids is 1. The van der Waals surface area contributed by atoms with Crippen molar-refractivity contribution in [2.45, 2.75) is 39.7 Å². The lowest BCUT2D eigenvalue weighted by atomic mass is 10.1. The number of nitrogens with one attached hydrogen (secondary N) is 1. The van der Waals surface area contributed by atoms with E-state index in [2.05, 4.69) is 12.2 Å². The molecule has 0 aliphatic heterocycles. The minimum atomic E-state index is -0.416. The van der Waals surface area contributed by atoms with Crippen LogP contribution < -0.4 is 11.1 Å². The van der Waals surface area contributed by atoms with Crippen molar-refractivity contribution in [3.05, 3.63) is 0 Å². The Morgan fingerprint density at radius 2 is 2.07 bits per heavy atom. The van der Waals surface area contributed by atoms with Crippen LogP contribution in [-0.2, 0) is 9.53 Å². The van der Waals surface area contributed by atoms with Gasteiger partial charge in [0.1, 0.15) is 0 Å². The highest BCUT2D eigenvalue weighted by Gasteiger charge is 2.15. The zero-order chi connectivity index (χ0) is 11.7. The number of unbranched alkanes of at least 4 members (excludes halogenated alkanes) is 1. The van der Waals surface area contributed by atoms with E-state index in [0.29, 0.717) is 13.2 Å². The van der Waals surface area contributed by atoms with E-state index < -0.39 is 6.04 Å². The van der Waals surface area contributed by atoms with Crippen LogP contribution in [0, 0.1) is 5.92 Å². The maximum atomic E-state index is 11.4. The Bertz CT molecular complexity index is 172. The highest BCUT2D eigenvalue weighted by molar-refractivity contribution is 5.81. The van der Waals surface area contributed by atoms with E-state index in [0.717, 1.165) is 19.4 Å². The molecule has 90 valence electrons. The summed E-state index contributed by atoms with van der Waals surface area (Å²) in [5.41, 5.74) is 5.67. The quantitative estimate of drug-likeness (QED) is 0.593. The fraction of sp³-hybridized carbons (Fsp3) is 0.909. The van der Waals surface area contributed by atoms with Crippen LogP contribution in [0.1, 0.15) is 33.6 Å². The lowest BCUT2D eigenvalue weighted by Crippen LogP contribution is -2.44. The average Bonchev–Trinajstić information content (AvgIpc) is 2.21. The van der Waals surface area contributed by atoms with Gasteiger partial charge in [-0.3, -0.25) is 4.79 Å². The summed E-state index contributed by atoms with van der Waals surface area (Å²) in [6.45, 7) is 7.86. The Balaban J connectivity index is 3.39. The molecule has 0 spiro atoms.